The molecule has 1 saturated heterocycles. The molecule has 1 unspecified atom stereocenters. The molecule has 0 aliphatic carbocycles. The fourth-order valence-corrected chi connectivity index (χ4v) is 7.23. The Kier molecular flexibility index (Phi) is 12.0. The highest BCUT2D eigenvalue weighted by atomic mass is 35.6. The topological polar surface area (TPSA) is 83.5 Å². The maximum absolute atomic E-state index is 13.4. The minimum atomic E-state index is -2.51. The highest BCUT2D eigenvalue weighted by Crippen LogP contribution is 2.45. The molecular weight excluding hydrogens is 615 g/mol. The Morgan fingerprint density at radius 3 is 1.36 bits per heavy atom. The number of hydrogen-bond acceptors (Lipinski definition) is 7. The lowest BCUT2D eigenvalue weighted by atomic mass is 9.99. The summed E-state index contributed by atoms with van der Waals surface area (Å²) in [5.41, 5.74) is 0. The van der Waals surface area contributed by atoms with Gasteiger partial charge in [0.2, 0.25) is 3.79 Å². The third-order valence-electron chi connectivity index (χ3n) is 8.83. The van der Waals surface area contributed by atoms with Crippen LogP contribution < -0.4 is 0 Å². The fraction of sp³-hybridized carbons (Fsp3) is 0.962. The highest BCUT2D eigenvalue weighted by molar-refractivity contribution is 6.75. The van der Waals surface area contributed by atoms with E-state index in [-0.39, 0.29) is 15.1 Å². The van der Waals surface area contributed by atoms with Crippen LogP contribution in [0.4, 0.5) is 0 Å². The summed E-state index contributed by atoms with van der Waals surface area (Å²) in [7, 11) is -7.41. The van der Waals surface area contributed by atoms with Crippen molar-refractivity contribution in [1.82, 2.24) is 0 Å². The Morgan fingerprint density at radius 2 is 1.03 bits per heavy atom. The van der Waals surface area contributed by atoms with Gasteiger partial charge in [-0.25, -0.2) is 4.79 Å². The van der Waals surface area contributed by atoms with E-state index >= 15 is 0 Å². The van der Waals surface area contributed by atoms with Crippen LogP contribution in [0, 0.1) is 0 Å². The maximum atomic E-state index is 13.4. The van der Waals surface area contributed by atoms with Crippen molar-refractivity contribution in [1.29, 1.82) is 0 Å². The van der Waals surface area contributed by atoms with Crippen LogP contribution in [0.25, 0.3) is 0 Å². The van der Waals surface area contributed by atoms with E-state index in [4.69, 9.17) is 57.6 Å². The molecule has 1 aliphatic heterocycles. The van der Waals surface area contributed by atoms with Gasteiger partial charge in [0.05, 0.1) is 0 Å². The molecule has 1 rings (SSSR count). The first-order valence-electron chi connectivity index (χ1n) is 13.5. The molecular formula is C26H53Cl3O7Si3. The molecule has 0 amide bonds. The number of halogens is 3. The maximum Gasteiger partial charge on any atom is 0.338 e. The number of rotatable bonds is 8. The normalized spacial score (nSPS) is 26.5. The van der Waals surface area contributed by atoms with E-state index in [1.807, 2.05) is 0 Å². The summed E-state index contributed by atoms with van der Waals surface area (Å²) in [4.78, 5) is 13.4. The number of carbonyl (C=O) groups is 1. The third kappa shape index (κ3) is 9.91. The zero-order valence-electron chi connectivity index (χ0n) is 26.6. The predicted octanol–water partition coefficient (Wildman–Crippen LogP) is 7.79. The fourth-order valence-electron chi connectivity index (χ4n) is 3.19. The van der Waals surface area contributed by atoms with Crippen LogP contribution in [0.1, 0.15) is 62.3 Å². The van der Waals surface area contributed by atoms with Crippen LogP contribution in [0.15, 0.2) is 0 Å². The van der Waals surface area contributed by atoms with Crippen molar-refractivity contribution in [3.05, 3.63) is 0 Å². The van der Waals surface area contributed by atoms with Crippen molar-refractivity contribution < 1.29 is 32.7 Å². The van der Waals surface area contributed by atoms with Gasteiger partial charge in [-0.3, -0.25) is 0 Å². The van der Waals surface area contributed by atoms with Gasteiger partial charge in [0, 0.05) is 0 Å². The Morgan fingerprint density at radius 1 is 0.692 bits per heavy atom. The van der Waals surface area contributed by atoms with Gasteiger partial charge in [0.1, 0.15) is 24.9 Å². The van der Waals surface area contributed by atoms with Crippen LogP contribution in [0.3, 0.4) is 0 Å². The second-order valence-corrected chi connectivity index (χ2v) is 32.0. The molecule has 5 atom stereocenters. The number of aliphatic hydroxyl groups is 1. The van der Waals surface area contributed by atoms with Crippen LogP contribution in [-0.2, 0) is 27.5 Å². The van der Waals surface area contributed by atoms with Gasteiger partial charge in [0.15, 0.2) is 37.3 Å². The summed E-state index contributed by atoms with van der Waals surface area (Å²) in [6.45, 7) is 31.3. The van der Waals surface area contributed by atoms with Gasteiger partial charge in [-0.2, -0.15) is 0 Å². The Balaban J connectivity index is 3.77. The lowest BCUT2D eigenvalue weighted by Gasteiger charge is -2.53. The lowest BCUT2D eigenvalue weighted by molar-refractivity contribution is -0.272. The van der Waals surface area contributed by atoms with Gasteiger partial charge in [-0.05, 0) is 54.4 Å². The largest absolute Gasteiger partial charge is 0.459 e. The molecule has 1 N–H and O–H groups in total. The summed E-state index contributed by atoms with van der Waals surface area (Å²) in [6.07, 6.45) is -5.37. The van der Waals surface area contributed by atoms with Gasteiger partial charge in [0.25, 0.3) is 0 Å². The summed E-state index contributed by atoms with van der Waals surface area (Å²) < 4.78 is 30.2. The van der Waals surface area contributed by atoms with Crippen LogP contribution in [0.5, 0.6) is 0 Å². The van der Waals surface area contributed by atoms with Crippen LogP contribution in [0.2, 0.25) is 54.4 Å². The predicted molar refractivity (Wildman–Crippen MR) is 168 cm³/mol. The molecule has 0 bridgehead atoms. The SMILES string of the molecule is CC(C)(C)[Si](C)(C)O[C@H]1[C@H](O[Si](C)(C)C(C)(C)C)[C@@H](O[Si](C)(C)C(C)(C)C)C(O)O[C@@H]1C(=O)OCC(Cl)(Cl)Cl. The lowest BCUT2D eigenvalue weighted by Crippen LogP contribution is -2.68. The van der Waals surface area contributed by atoms with Gasteiger partial charge in [-0.15, -0.1) is 0 Å². The molecule has 0 aromatic carbocycles. The first-order chi connectivity index (χ1) is 16.9. The standard InChI is InChI=1S/C26H53Cl3O7Si3/c1-23(2,3)37(10,11)34-17-18(35-38(12,13)24(4,5)6)20(36-39(14,15)25(7,8)9)22(31)33-19(17)21(30)32-16-26(27,28)29/h17-20,22,31H,16H2,1-15H3/t17-,18-,19-,20+,22?/m0/s1. The summed E-state index contributed by atoms with van der Waals surface area (Å²) in [5, 5.41) is 10.9. The van der Waals surface area contributed by atoms with Gasteiger partial charge >= 0.3 is 5.97 Å². The minimum Gasteiger partial charge on any atom is -0.459 e. The smallest absolute Gasteiger partial charge is 0.338 e. The van der Waals surface area contributed by atoms with Crippen molar-refractivity contribution >= 4 is 65.7 Å². The number of alkyl halides is 3. The number of esters is 1. The van der Waals surface area contributed by atoms with E-state index in [2.05, 4.69) is 102 Å². The molecule has 0 radical (unpaired) electrons. The molecule has 13 heteroatoms. The molecule has 0 aromatic heterocycles. The van der Waals surface area contributed by atoms with Crippen molar-refractivity contribution in [3.63, 3.8) is 0 Å². The summed E-state index contributed by atoms with van der Waals surface area (Å²) >= 11 is 17.6. The average Bonchev–Trinajstić information content (AvgIpc) is 2.67. The minimum absolute atomic E-state index is 0.149. The monoisotopic (exact) mass is 666 g/mol. The van der Waals surface area contributed by atoms with Gasteiger partial charge < -0.3 is 27.9 Å². The number of ether oxygens (including phenoxy) is 2. The van der Waals surface area contributed by atoms with E-state index in [0.717, 1.165) is 0 Å². The van der Waals surface area contributed by atoms with Crippen molar-refractivity contribution in [2.75, 3.05) is 6.61 Å². The van der Waals surface area contributed by atoms with E-state index in [1.54, 1.807) is 0 Å². The number of carbonyl (C=O) groups excluding carboxylic acids is 1. The second kappa shape index (κ2) is 12.4. The zero-order valence-corrected chi connectivity index (χ0v) is 31.9. The summed E-state index contributed by atoms with van der Waals surface area (Å²) in [5.74, 6) is -0.793. The number of aliphatic hydroxyl groups excluding tert-OH is 1. The van der Waals surface area contributed by atoms with Gasteiger partial charge in [-0.1, -0.05) is 97.1 Å². The molecule has 1 heterocycles. The van der Waals surface area contributed by atoms with E-state index in [9.17, 15) is 9.90 Å². The quantitative estimate of drug-likeness (QED) is 0.161. The van der Waals surface area contributed by atoms with E-state index in [1.165, 1.54) is 0 Å². The first kappa shape index (κ1) is 37.8. The molecule has 0 spiro atoms. The van der Waals surface area contributed by atoms with Crippen LogP contribution >= 0.6 is 34.8 Å². The molecule has 0 saturated carbocycles. The molecule has 7 nitrogen and oxygen atoms in total. The Labute approximate surface area is 255 Å². The number of hydrogen-bond donors (Lipinski definition) is 1. The molecule has 1 aliphatic rings. The molecule has 1 fully saturated rings. The molecule has 232 valence electrons. The molecule has 0 aromatic rings. The molecule has 39 heavy (non-hydrogen) atoms. The second-order valence-electron chi connectivity index (χ2n) is 15.2. The van der Waals surface area contributed by atoms with Crippen molar-refractivity contribution in [3.8, 4) is 0 Å². The zero-order chi connectivity index (χ0) is 31.2. The van der Waals surface area contributed by atoms with E-state index in [0.29, 0.717) is 0 Å². The third-order valence-corrected chi connectivity index (χ3v) is 22.6. The highest BCUT2D eigenvalue weighted by Gasteiger charge is 2.58. The van der Waals surface area contributed by atoms with Crippen molar-refractivity contribution in [2.45, 2.75) is 151 Å². The first-order valence-corrected chi connectivity index (χ1v) is 23.4. The van der Waals surface area contributed by atoms with Crippen LogP contribution in [-0.4, -0.2) is 77.1 Å². The Bertz CT molecular complexity index is 844. The average molecular weight is 668 g/mol. The Hall–Kier alpha value is 0.791. The van der Waals surface area contributed by atoms with Crippen molar-refractivity contribution in [2.24, 2.45) is 0 Å². The summed E-state index contributed by atoms with van der Waals surface area (Å²) in [6, 6.07) is 0. The van der Waals surface area contributed by atoms with E-state index < -0.39 is 72.0 Å².